The van der Waals surface area contributed by atoms with Crippen LogP contribution in [0.5, 0.6) is 11.5 Å². The summed E-state index contributed by atoms with van der Waals surface area (Å²) >= 11 is 1.25. The minimum absolute atomic E-state index is 0.0142. The van der Waals surface area contributed by atoms with Crippen molar-refractivity contribution in [2.75, 3.05) is 6.79 Å². The maximum Gasteiger partial charge on any atom is 0.349 e. The molecule has 6 nitrogen and oxygen atoms in total. The van der Waals surface area contributed by atoms with Gasteiger partial charge in [0.05, 0.1) is 6.61 Å². The Balaban J connectivity index is 1.59. The SMILES string of the molecule is Cc1cc(SC2=C(O)CC(CCc3ccc4c(c3)OCO4)(C(C)C)OC2=O)c(C(C)(C)C)cc1CO. The number of rotatable bonds is 7. The molecule has 2 heterocycles. The Morgan fingerprint density at radius 1 is 1.11 bits per heavy atom. The van der Waals surface area contributed by atoms with Crippen molar-refractivity contribution in [3.8, 4) is 11.5 Å². The fourth-order valence-electron chi connectivity index (χ4n) is 4.73. The Morgan fingerprint density at radius 2 is 1.83 bits per heavy atom. The van der Waals surface area contributed by atoms with E-state index in [0.717, 1.165) is 38.6 Å². The molecule has 0 bridgehead atoms. The smallest absolute Gasteiger partial charge is 0.349 e. The molecule has 2 aliphatic rings. The molecule has 0 amide bonds. The number of fused-ring (bicyclic) bond motifs is 1. The zero-order valence-corrected chi connectivity index (χ0v) is 22.8. The van der Waals surface area contributed by atoms with E-state index in [1.165, 1.54) is 11.8 Å². The molecule has 36 heavy (non-hydrogen) atoms. The second-order valence-corrected chi connectivity index (χ2v) is 12.1. The van der Waals surface area contributed by atoms with E-state index in [1.54, 1.807) is 0 Å². The molecule has 2 aliphatic heterocycles. The van der Waals surface area contributed by atoms with Gasteiger partial charge in [0.15, 0.2) is 11.5 Å². The lowest BCUT2D eigenvalue weighted by Gasteiger charge is -2.40. The molecule has 2 aromatic carbocycles. The van der Waals surface area contributed by atoms with Crippen LogP contribution in [0.4, 0.5) is 0 Å². The molecule has 0 saturated carbocycles. The van der Waals surface area contributed by atoms with Crippen molar-refractivity contribution in [3.05, 3.63) is 63.2 Å². The number of aliphatic hydroxyl groups is 2. The van der Waals surface area contributed by atoms with Gasteiger partial charge in [-0.05, 0) is 71.6 Å². The molecule has 0 aromatic heterocycles. The molecule has 0 fully saturated rings. The van der Waals surface area contributed by atoms with Crippen molar-refractivity contribution in [3.63, 3.8) is 0 Å². The first-order valence-electron chi connectivity index (χ1n) is 12.4. The Labute approximate surface area is 217 Å². The van der Waals surface area contributed by atoms with E-state index < -0.39 is 11.6 Å². The highest BCUT2D eigenvalue weighted by molar-refractivity contribution is 8.04. The summed E-state index contributed by atoms with van der Waals surface area (Å²) in [6.07, 6.45) is 1.52. The van der Waals surface area contributed by atoms with Gasteiger partial charge in [0.25, 0.3) is 0 Å². The number of benzene rings is 2. The van der Waals surface area contributed by atoms with Crippen LogP contribution in [0.25, 0.3) is 0 Å². The van der Waals surface area contributed by atoms with Crippen LogP contribution in [0.1, 0.15) is 69.7 Å². The lowest BCUT2D eigenvalue weighted by molar-refractivity contribution is -0.164. The number of aliphatic hydroxyl groups excluding tert-OH is 2. The van der Waals surface area contributed by atoms with E-state index in [0.29, 0.717) is 12.8 Å². The zero-order chi connectivity index (χ0) is 26.3. The fourth-order valence-corrected chi connectivity index (χ4v) is 5.97. The summed E-state index contributed by atoms with van der Waals surface area (Å²) in [5.41, 5.74) is 2.87. The van der Waals surface area contributed by atoms with Gasteiger partial charge in [-0.15, -0.1) is 0 Å². The van der Waals surface area contributed by atoms with Gasteiger partial charge in [-0.2, -0.15) is 0 Å². The van der Waals surface area contributed by atoms with Crippen molar-refractivity contribution in [2.45, 2.75) is 83.3 Å². The molecule has 4 rings (SSSR count). The van der Waals surface area contributed by atoms with Crippen molar-refractivity contribution in [2.24, 2.45) is 5.92 Å². The van der Waals surface area contributed by atoms with Crippen molar-refractivity contribution in [1.82, 2.24) is 0 Å². The summed E-state index contributed by atoms with van der Waals surface area (Å²) in [6, 6.07) is 9.83. The Hall–Kier alpha value is -2.64. The number of thioether (sulfide) groups is 1. The first-order valence-corrected chi connectivity index (χ1v) is 13.2. The van der Waals surface area contributed by atoms with Gasteiger partial charge in [-0.25, -0.2) is 4.79 Å². The number of carbonyl (C=O) groups is 1. The van der Waals surface area contributed by atoms with Crippen molar-refractivity contribution < 1.29 is 29.2 Å². The van der Waals surface area contributed by atoms with E-state index >= 15 is 0 Å². The van der Waals surface area contributed by atoms with Gasteiger partial charge in [0.1, 0.15) is 16.3 Å². The average Bonchev–Trinajstić information content (AvgIpc) is 3.27. The third-order valence-electron chi connectivity index (χ3n) is 7.16. The third kappa shape index (κ3) is 5.23. The van der Waals surface area contributed by atoms with Crippen LogP contribution in [0, 0.1) is 12.8 Å². The van der Waals surface area contributed by atoms with Crippen LogP contribution < -0.4 is 9.47 Å². The summed E-state index contributed by atoms with van der Waals surface area (Å²) in [5.74, 6) is 1.05. The normalized spacial score (nSPS) is 19.7. The molecule has 194 valence electrons. The molecule has 1 unspecified atom stereocenters. The van der Waals surface area contributed by atoms with Gasteiger partial charge in [0, 0.05) is 11.3 Å². The molecule has 0 spiro atoms. The highest BCUT2D eigenvalue weighted by Gasteiger charge is 2.44. The first-order chi connectivity index (χ1) is 16.9. The van der Waals surface area contributed by atoms with Gasteiger partial charge < -0.3 is 24.4 Å². The summed E-state index contributed by atoms with van der Waals surface area (Å²) in [5, 5.41) is 20.9. The minimum Gasteiger partial charge on any atom is -0.511 e. The summed E-state index contributed by atoms with van der Waals surface area (Å²) < 4.78 is 17.0. The maximum absolute atomic E-state index is 13.3. The van der Waals surface area contributed by atoms with E-state index in [1.807, 2.05) is 51.1 Å². The second kappa shape index (κ2) is 10.0. The van der Waals surface area contributed by atoms with Crippen LogP contribution >= 0.6 is 11.8 Å². The van der Waals surface area contributed by atoms with Crippen LogP contribution in [-0.4, -0.2) is 28.6 Å². The van der Waals surface area contributed by atoms with Gasteiger partial charge in [-0.1, -0.05) is 58.5 Å². The van der Waals surface area contributed by atoms with Crippen LogP contribution in [0.2, 0.25) is 0 Å². The number of carbonyl (C=O) groups excluding carboxylic acids is 1. The number of aryl methyl sites for hydroxylation is 2. The Bertz CT molecular complexity index is 1190. The molecular formula is C29H36O6S. The number of hydrogen-bond donors (Lipinski definition) is 2. The lowest BCUT2D eigenvalue weighted by atomic mass is 9.80. The van der Waals surface area contributed by atoms with Crippen molar-refractivity contribution in [1.29, 1.82) is 0 Å². The number of ether oxygens (including phenoxy) is 3. The van der Waals surface area contributed by atoms with Crippen molar-refractivity contribution >= 4 is 17.7 Å². The lowest BCUT2D eigenvalue weighted by Crippen LogP contribution is -2.44. The largest absolute Gasteiger partial charge is 0.511 e. The molecule has 2 aromatic rings. The molecule has 1 atom stereocenters. The Kier molecular flexibility index (Phi) is 7.35. The van der Waals surface area contributed by atoms with E-state index in [4.69, 9.17) is 14.2 Å². The second-order valence-electron chi connectivity index (χ2n) is 11.0. The highest BCUT2D eigenvalue weighted by Crippen LogP contribution is 2.45. The number of cyclic esters (lactones) is 1. The van der Waals surface area contributed by atoms with Crippen LogP contribution in [0.15, 0.2) is 45.9 Å². The van der Waals surface area contributed by atoms with Crippen LogP contribution in [0.3, 0.4) is 0 Å². The quantitative estimate of drug-likeness (QED) is 0.418. The predicted octanol–water partition coefficient (Wildman–Crippen LogP) is 6.35. The van der Waals surface area contributed by atoms with Gasteiger partial charge >= 0.3 is 5.97 Å². The first kappa shape index (κ1) is 26.4. The zero-order valence-electron chi connectivity index (χ0n) is 21.9. The monoisotopic (exact) mass is 512 g/mol. The molecule has 2 N–H and O–H groups in total. The predicted molar refractivity (Wildman–Crippen MR) is 140 cm³/mol. The van der Waals surface area contributed by atoms with E-state index in [9.17, 15) is 15.0 Å². The summed E-state index contributed by atoms with van der Waals surface area (Å²) in [4.78, 5) is 14.4. The summed E-state index contributed by atoms with van der Waals surface area (Å²) in [7, 11) is 0. The fraction of sp³-hybridized carbons (Fsp3) is 0.483. The average molecular weight is 513 g/mol. The third-order valence-corrected chi connectivity index (χ3v) is 8.33. The molecule has 7 heteroatoms. The molecule has 0 radical (unpaired) electrons. The molecule has 0 saturated heterocycles. The standard InChI is InChI=1S/C29H36O6S/c1-17(2)29(10-9-19-7-8-23-24(12-19)34-16-33-23)14-22(31)26(27(32)35-29)36-25-11-18(3)20(15-30)13-21(25)28(4,5)6/h7-8,11-13,17,30-31H,9-10,14-16H2,1-6H3. The van der Waals surface area contributed by atoms with Gasteiger partial charge in [0.2, 0.25) is 6.79 Å². The Morgan fingerprint density at radius 3 is 2.47 bits per heavy atom. The van der Waals surface area contributed by atoms with Gasteiger partial charge in [-0.3, -0.25) is 0 Å². The number of hydrogen-bond acceptors (Lipinski definition) is 7. The summed E-state index contributed by atoms with van der Waals surface area (Å²) in [6.45, 7) is 12.4. The molecular weight excluding hydrogens is 476 g/mol. The number of esters is 1. The van der Waals surface area contributed by atoms with E-state index in [-0.39, 0.29) is 41.8 Å². The topological polar surface area (TPSA) is 85.2 Å². The van der Waals surface area contributed by atoms with E-state index in [2.05, 4.69) is 20.8 Å². The molecule has 0 aliphatic carbocycles. The minimum atomic E-state index is -0.800. The highest BCUT2D eigenvalue weighted by atomic mass is 32.2. The van der Waals surface area contributed by atoms with Crippen LogP contribution in [-0.2, 0) is 28.0 Å². The maximum atomic E-state index is 13.3.